The normalized spacial score (nSPS) is 11.8. The molecular weight excluding hydrogens is 376 g/mol. The second kappa shape index (κ2) is 6.81. The molecule has 3 aromatic heterocycles. The van der Waals surface area contributed by atoms with Crippen LogP contribution in [0.3, 0.4) is 0 Å². The molecule has 5 aromatic rings. The summed E-state index contributed by atoms with van der Waals surface area (Å²) in [5.41, 5.74) is 4.64. The van der Waals surface area contributed by atoms with Crippen molar-refractivity contribution >= 4 is 27.8 Å². The number of aromatic nitrogens is 5. The van der Waals surface area contributed by atoms with Crippen molar-refractivity contribution in [3.63, 3.8) is 0 Å². The zero-order valence-electron chi connectivity index (χ0n) is 16.6. The van der Waals surface area contributed by atoms with E-state index in [1.54, 1.807) is 12.4 Å². The maximum atomic E-state index is 12.9. The van der Waals surface area contributed by atoms with E-state index < -0.39 is 5.54 Å². The molecule has 0 saturated carbocycles. The fourth-order valence-electron chi connectivity index (χ4n) is 3.63. The quantitative estimate of drug-likeness (QED) is 0.425. The molecule has 0 bridgehead atoms. The number of aromatic amines is 2. The van der Waals surface area contributed by atoms with Crippen LogP contribution in [0.1, 0.15) is 30.0 Å². The second-order valence-electron chi connectivity index (χ2n) is 7.75. The lowest BCUT2D eigenvalue weighted by Gasteiger charge is -2.26. The number of imidazole rings is 1. The zero-order valence-corrected chi connectivity index (χ0v) is 16.6. The Hall–Kier alpha value is -4.00. The van der Waals surface area contributed by atoms with Crippen LogP contribution in [0.5, 0.6) is 0 Å². The molecule has 0 spiro atoms. The first-order valence-electron chi connectivity index (χ1n) is 9.67. The molecule has 2 aromatic carbocycles. The van der Waals surface area contributed by atoms with Crippen LogP contribution in [-0.4, -0.2) is 31.1 Å². The topological polar surface area (TPSA) is 99.3 Å². The van der Waals surface area contributed by atoms with Gasteiger partial charge >= 0.3 is 0 Å². The van der Waals surface area contributed by atoms with Gasteiger partial charge < -0.3 is 10.3 Å². The summed E-state index contributed by atoms with van der Waals surface area (Å²) in [6.07, 6.45) is 3.47. The van der Waals surface area contributed by atoms with Gasteiger partial charge in [-0.2, -0.15) is 5.10 Å². The summed E-state index contributed by atoms with van der Waals surface area (Å²) in [7, 11) is 0. The first kappa shape index (κ1) is 18.1. The van der Waals surface area contributed by atoms with Crippen molar-refractivity contribution in [2.45, 2.75) is 19.4 Å². The smallest absolute Gasteiger partial charge is 0.287 e. The van der Waals surface area contributed by atoms with Crippen molar-refractivity contribution in [2.24, 2.45) is 0 Å². The molecule has 0 radical (unpaired) electrons. The lowest BCUT2D eigenvalue weighted by molar-refractivity contribution is 0.0902. The number of hydrogen-bond donors (Lipinski definition) is 3. The lowest BCUT2D eigenvalue weighted by Crippen LogP contribution is -2.41. The Morgan fingerprint density at radius 1 is 1.00 bits per heavy atom. The van der Waals surface area contributed by atoms with Gasteiger partial charge in [-0.25, -0.2) is 4.98 Å². The minimum Gasteiger partial charge on any atom is -0.340 e. The van der Waals surface area contributed by atoms with E-state index in [1.165, 1.54) is 0 Å². The van der Waals surface area contributed by atoms with Gasteiger partial charge in [0.15, 0.2) is 5.82 Å². The van der Waals surface area contributed by atoms with E-state index in [0.29, 0.717) is 5.52 Å². The Morgan fingerprint density at radius 2 is 1.77 bits per heavy atom. The van der Waals surface area contributed by atoms with Gasteiger partial charge in [0.1, 0.15) is 5.69 Å². The van der Waals surface area contributed by atoms with Crippen molar-refractivity contribution in [3.05, 3.63) is 78.4 Å². The number of carbonyl (C=O) groups excluding carboxylic acids is 1. The molecule has 0 atom stereocenters. The summed E-state index contributed by atoms with van der Waals surface area (Å²) in [6, 6.07) is 17.6. The van der Waals surface area contributed by atoms with E-state index in [4.69, 9.17) is 0 Å². The molecule has 7 heteroatoms. The van der Waals surface area contributed by atoms with Gasteiger partial charge in [-0.15, -0.1) is 0 Å². The highest BCUT2D eigenvalue weighted by Crippen LogP contribution is 2.29. The van der Waals surface area contributed by atoms with Gasteiger partial charge in [0.05, 0.1) is 22.1 Å². The van der Waals surface area contributed by atoms with Crippen LogP contribution in [0.4, 0.5) is 0 Å². The van der Waals surface area contributed by atoms with Gasteiger partial charge in [0.2, 0.25) is 0 Å². The number of nitrogens with zero attached hydrogens (tertiary/aromatic N) is 3. The Bertz CT molecular complexity index is 1350. The third-order valence-electron chi connectivity index (χ3n) is 5.25. The third-order valence-corrected chi connectivity index (χ3v) is 5.25. The summed E-state index contributed by atoms with van der Waals surface area (Å²) in [5.74, 6) is 0.0243. The summed E-state index contributed by atoms with van der Waals surface area (Å²) < 4.78 is 0. The van der Waals surface area contributed by atoms with Crippen molar-refractivity contribution in [1.29, 1.82) is 0 Å². The number of carbonyl (C=O) groups is 1. The highest BCUT2D eigenvalue weighted by molar-refractivity contribution is 6.02. The molecular formula is C23H20N6O. The SMILES string of the molecule is CC(C)(NC(=O)c1nc2cc3c(-c4ccncc4)n[nH]c3cc2[nH]1)c1ccccc1. The molecule has 30 heavy (non-hydrogen) atoms. The van der Waals surface area contributed by atoms with Gasteiger partial charge in [-0.1, -0.05) is 30.3 Å². The minimum absolute atomic E-state index is 0.254. The maximum absolute atomic E-state index is 12.9. The highest BCUT2D eigenvalue weighted by Gasteiger charge is 2.25. The van der Waals surface area contributed by atoms with E-state index in [0.717, 1.165) is 33.2 Å². The summed E-state index contributed by atoms with van der Waals surface area (Å²) in [5, 5.41) is 11.5. The molecule has 5 rings (SSSR count). The average molecular weight is 396 g/mol. The first-order chi connectivity index (χ1) is 14.5. The Morgan fingerprint density at radius 3 is 2.53 bits per heavy atom. The maximum Gasteiger partial charge on any atom is 0.287 e. The standard InChI is InChI=1S/C23H20N6O/c1-23(2,15-6-4-3-5-7-15)27-22(30)21-25-18-12-16-17(13-19(18)26-21)28-29-20(16)14-8-10-24-11-9-14/h3-13H,1-2H3,(H,25,26)(H,27,30)(H,28,29). The fourth-order valence-corrected chi connectivity index (χ4v) is 3.63. The van der Waals surface area contributed by atoms with E-state index in [1.807, 2.05) is 68.4 Å². The van der Waals surface area contributed by atoms with E-state index in [2.05, 4.69) is 30.5 Å². The number of fused-ring (bicyclic) bond motifs is 2. The molecule has 3 N–H and O–H groups in total. The number of pyridine rings is 1. The van der Waals surface area contributed by atoms with E-state index in [-0.39, 0.29) is 11.7 Å². The van der Waals surface area contributed by atoms with E-state index >= 15 is 0 Å². The number of nitrogens with one attached hydrogen (secondary N) is 3. The van der Waals surface area contributed by atoms with Crippen molar-refractivity contribution < 1.29 is 4.79 Å². The highest BCUT2D eigenvalue weighted by atomic mass is 16.2. The summed E-state index contributed by atoms with van der Waals surface area (Å²) >= 11 is 0. The first-order valence-corrected chi connectivity index (χ1v) is 9.67. The van der Waals surface area contributed by atoms with Gasteiger partial charge in [-0.3, -0.25) is 14.9 Å². The largest absolute Gasteiger partial charge is 0.340 e. The van der Waals surface area contributed by atoms with Crippen LogP contribution in [0.15, 0.2) is 67.0 Å². The molecule has 0 saturated heterocycles. The second-order valence-corrected chi connectivity index (χ2v) is 7.75. The zero-order chi connectivity index (χ0) is 20.7. The third kappa shape index (κ3) is 3.10. The van der Waals surface area contributed by atoms with Crippen molar-refractivity contribution in [2.75, 3.05) is 0 Å². The molecule has 0 aliphatic heterocycles. The van der Waals surface area contributed by atoms with Crippen LogP contribution in [0.25, 0.3) is 33.2 Å². The molecule has 0 unspecified atom stereocenters. The lowest BCUT2D eigenvalue weighted by atomic mass is 9.94. The predicted molar refractivity (Wildman–Crippen MR) is 116 cm³/mol. The number of benzene rings is 2. The summed E-state index contributed by atoms with van der Waals surface area (Å²) in [4.78, 5) is 24.6. The number of rotatable bonds is 4. The Kier molecular flexibility index (Phi) is 4.10. The van der Waals surface area contributed by atoms with Crippen LogP contribution >= 0.6 is 0 Å². The predicted octanol–water partition coefficient (Wildman–Crippen LogP) is 4.17. The molecule has 0 fully saturated rings. The van der Waals surface area contributed by atoms with Crippen LogP contribution in [0, 0.1) is 0 Å². The minimum atomic E-state index is -0.526. The van der Waals surface area contributed by atoms with Crippen molar-refractivity contribution in [1.82, 2.24) is 30.5 Å². The van der Waals surface area contributed by atoms with Gasteiger partial charge in [0.25, 0.3) is 5.91 Å². The number of H-pyrrole nitrogens is 2. The molecule has 7 nitrogen and oxygen atoms in total. The number of amides is 1. The number of hydrogen-bond acceptors (Lipinski definition) is 4. The van der Waals surface area contributed by atoms with Gasteiger partial charge in [-0.05, 0) is 43.7 Å². The Balaban J connectivity index is 1.50. The van der Waals surface area contributed by atoms with Crippen LogP contribution in [0.2, 0.25) is 0 Å². The monoisotopic (exact) mass is 396 g/mol. The molecule has 1 amide bonds. The van der Waals surface area contributed by atoms with Gasteiger partial charge in [0, 0.05) is 23.3 Å². The fraction of sp³-hybridized carbons (Fsp3) is 0.130. The molecule has 0 aliphatic rings. The Labute approximate surface area is 172 Å². The van der Waals surface area contributed by atoms with Crippen molar-refractivity contribution in [3.8, 4) is 11.3 Å². The molecule has 148 valence electrons. The van der Waals surface area contributed by atoms with Crippen LogP contribution in [-0.2, 0) is 5.54 Å². The average Bonchev–Trinajstić information content (AvgIpc) is 3.36. The van der Waals surface area contributed by atoms with E-state index in [9.17, 15) is 4.79 Å². The molecule has 3 heterocycles. The summed E-state index contributed by atoms with van der Waals surface area (Å²) in [6.45, 7) is 3.94. The molecule has 0 aliphatic carbocycles. The van der Waals surface area contributed by atoms with Crippen LogP contribution < -0.4 is 5.32 Å².